The molecule has 0 radical (unpaired) electrons. The highest BCUT2D eigenvalue weighted by Crippen LogP contribution is 2.55. The van der Waals surface area contributed by atoms with Gasteiger partial charge in [0, 0.05) is 53.5 Å². The molecule has 7 rings (SSSR count). The third-order valence-corrected chi connectivity index (χ3v) is 8.68. The molecule has 0 bridgehead atoms. The smallest absolute Gasteiger partial charge is 0.209 e. The van der Waals surface area contributed by atoms with Crippen molar-refractivity contribution in [2.75, 3.05) is 24.5 Å². The maximum absolute atomic E-state index is 11.1. The number of halogens is 1. The topological polar surface area (TPSA) is 87.9 Å². The van der Waals surface area contributed by atoms with Crippen LogP contribution in [0, 0.1) is 19.3 Å². The Labute approximate surface area is 207 Å². The van der Waals surface area contributed by atoms with Gasteiger partial charge in [0.15, 0.2) is 5.82 Å². The number of amides is 1. The highest BCUT2D eigenvalue weighted by atomic mass is 35.5. The molecule has 1 aliphatic carbocycles. The molecule has 0 atom stereocenters. The van der Waals surface area contributed by atoms with E-state index in [1.807, 2.05) is 24.2 Å². The molecular weight excluding hydrogens is 464 g/mol. The average Bonchev–Trinajstić information content (AvgIpc) is 3.52. The number of hydrogen-bond acceptors (Lipinski definition) is 5. The fourth-order valence-corrected chi connectivity index (χ4v) is 6.70. The van der Waals surface area contributed by atoms with Crippen molar-refractivity contribution in [2.45, 2.75) is 45.8 Å². The van der Waals surface area contributed by atoms with Gasteiger partial charge in [0.25, 0.3) is 0 Å². The van der Waals surface area contributed by atoms with Crippen LogP contribution in [0.5, 0.6) is 0 Å². The van der Waals surface area contributed by atoms with Gasteiger partial charge in [-0.2, -0.15) is 15.3 Å². The van der Waals surface area contributed by atoms with Crippen molar-refractivity contribution in [3.8, 4) is 11.1 Å². The summed E-state index contributed by atoms with van der Waals surface area (Å²) in [7, 11) is 0. The lowest BCUT2D eigenvalue weighted by atomic mass is 9.61. The second kappa shape index (κ2) is 7.34. The van der Waals surface area contributed by atoms with E-state index >= 15 is 0 Å². The summed E-state index contributed by atoms with van der Waals surface area (Å²) in [5.74, 6) is 0.967. The highest BCUT2D eigenvalue weighted by Gasteiger charge is 2.53. The van der Waals surface area contributed by atoms with E-state index < -0.39 is 0 Å². The van der Waals surface area contributed by atoms with Gasteiger partial charge >= 0.3 is 0 Å². The standard InChI is InChI=1S/C25H27ClN8O/c1-15-7-20-19(10-27-29-20)22(23(15)26)21-16(2)34(18-8-25(9-18)12-31(13-25)14-35)30-24(21)32-5-6-33-17(11-32)3-4-28-33/h3-4,7,10,14,18H,5-6,8-9,11-13H2,1-2H3,(H,27,29). The van der Waals surface area contributed by atoms with E-state index in [-0.39, 0.29) is 5.41 Å². The minimum atomic E-state index is 0.265. The molecule has 3 aromatic heterocycles. The minimum Gasteiger partial charge on any atom is -0.347 e. The van der Waals surface area contributed by atoms with Crippen LogP contribution >= 0.6 is 11.6 Å². The number of fused-ring (bicyclic) bond motifs is 2. The first-order chi connectivity index (χ1) is 17.0. The number of aromatic amines is 1. The first-order valence-electron chi connectivity index (χ1n) is 12.1. The van der Waals surface area contributed by atoms with E-state index in [0.717, 1.165) is 96.1 Å². The van der Waals surface area contributed by atoms with Crippen molar-refractivity contribution in [3.05, 3.63) is 46.5 Å². The average molecular weight is 491 g/mol. The largest absolute Gasteiger partial charge is 0.347 e. The number of carbonyl (C=O) groups excluding carboxylic acids is 1. The zero-order valence-corrected chi connectivity index (χ0v) is 20.6. The number of benzene rings is 1. The lowest BCUT2D eigenvalue weighted by Crippen LogP contribution is -2.61. The van der Waals surface area contributed by atoms with Crippen molar-refractivity contribution < 1.29 is 4.79 Å². The Kier molecular flexibility index (Phi) is 4.40. The number of nitrogens with one attached hydrogen (secondary N) is 1. The number of carbonyl (C=O) groups is 1. The number of hydrogen-bond donors (Lipinski definition) is 1. The predicted octanol–water partition coefficient (Wildman–Crippen LogP) is 3.71. The Morgan fingerprint density at radius 1 is 1.20 bits per heavy atom. The number of aromatic nitrogens is 6. The molecule has 1 saturated heterocycles. The van der Waals surface area contributed by atoms with Gasteiger partial charge in [-0.15, -0.1) is 0 Å². The number of aryl methyl sites for hydroxylation is 1. The van der Waals surface area contributed by atoms with Crippen LogP contribution in [-0.4, -0.2) is 60.7 Å². The zero-order valence-electron chi connectivity index (χ0n) is 19.8. The Morgan fingerprint density at radius 2 is 2.03 bits per heavy atom. The van der Waals surface area contributed by atoms with E-state index in [4.69, 9.17) is 16.7 Å². The summed E-state index contributed by atoms with van der Waals surface area (Å²) in [5, 5.41) is 18.9. The third kappa shape index (κ3) is 3.00. The minimum absolute atomic E-state index is 0.265. The molecular formula is C25H27ClN8O. The number of anilines is 1. The fraction of sp³-hybridized carbons (Fsp3) is 0.440. The third-order valence-electron chi connectivity index (χ3n) is 8.19. The Bertz CT molecular complexity index is 1470. The van der Waals surface area contributed by atoms with Crippen molar-refractivity contribution >= 4 is 34.7 Å². The van der Waals surface area contributed by atoms with Crippen LogP contribution in [-0.2, 0) is 17.9 Å². The molecule has 2 aliphatic heterocycles. The van der Waals surface area contributed by atoms with E-state index in [9.17, 15) is 4.79 Å². The molecule has 1 amide bonds. The number of likely N-dealkylation sites (tertiary alicyclic amines) is 1. The summed E-state index contributed by atoms with van der Waals surface area (Å²) < 4.78 is 4.29. The summed E-state index contributed by atoms with van der Waals surface area (Å²) in [4.78, 5) is 15.3. The quantitative estimate of drug-likeness (QED) is 0.441. The summed E-state index contributed by atoms with van der Waals surface area (Å²) in [5.41, 5.74) is 6.65. The molecule has 5 heterocycles. The molecule has 2 fully saturated rings. The van der Waals surface area contributed by atoms with Crippen LogP contribution in [0.1, 0.15) is 35.8 Å². The Balaban J connectivity index is 1.35. The molecule has 1 spiro atoms. The lowest BCUT2D eigenvalue weighted by Gasteiger charge is -2.58. The van der Waals surface area contributed by atoms with Crippen molar-refractivity contribution in [2.24, 2.45) is 5.41 Å². The van der Waals surface area contributed by atoms with E-state index in [2.05, 4.69) is 48.6 Å². The second-order valence-electron chi connectivity index (χ2n) is 10.5. The lowest BCUT2D eigenvalue weighted by molar-refractivity contribution is -0.140. The molecule has 1 aromatic carbocycles. The van der Waals surface area contributed by atoms with Crippen LogP contribution in [0.3, 0.4) is 0 Å². The van der Waals surface area contributed by atoms with Gasteiger partial charge in [-0.3, -0.25) is 19.3 Å². The van der Waals surface area contributed by atoms with E-state index in [1.54, 1.807) is 0 Å². The Hall–Kier alpha value is -3.33. The van der Waals surface area contributed by atoms with Crippen LogP contribution in [0.4, 0.5) is 5.82 Å². The summed E-state index contributed by atoms with van der Waals surface area (Å²) in [6, 6.07) is 4.46. The normalized spacial score (nSPS) is 19.2. The second-order valence-corrected chi connectivity index (χ2v) is 10.9. The molecule has 9 nitrogen and oxygen atoms in total. The number of nitrogens with zero attached hydrogens (tertiary/aromatic N) is 7. The summed E-state index contributed by atoms with van der Waals surface area (Å²) in [6.45, 7) is 8.34. The van der Waals surface area contributed by atoms with Crippen LogP contribution < -0.4 is 4.90 Å². The van der Waals surface area contributed by atoms with Crippen molar-refractivity contribution in [3.63, 3.8) is 0 Å². The summed E-state index contributed by atoms with van der Waals surface area (Å²) in [6.07, 6.45) is 6.79. The first kappa shape index (κ1) is 21.0. The van der Waals surface area contributed by atoms with Gasteiger partial charge in [0.2, 0.25) is 6.41 Å². The van der Waals surface area contributed by atoms with Crippen LogP contribution in [0.25, 0.3) is 22.0 Å². The van der Waals surface area contributed by atoms with E-state index in [1.165, 1.54) is 5.69 Å². The van der Waals surface area contributed by atoms with Crippen LogP contribution in [0.15, 0.2) is 24.5 Å². The number of H-pyrrole nitrogens is 1. The molecule has 1 N–H and O–H groups in total. The zero-order chi connectivity index (χ0) is 23.9. The Morgan fingerprint density at radius 3 is 2.83 bits per heavy atom. The van der Waals surface area contributed by atoms with Gasteiger partial charge in [0.05, 0.1) is 41.6 Å². The van der Waals surface area contributed by atoms with Gasteiger partial charge in [-0.1, -0.05) is 11.6 Å². The van der Waals surface area contributed by atoms with Crippen molar-refractivity contribution in [1.29, 1.82) is 0 Å². The first-order valence-corrected chi connectivity index (χ1v) is 12.5. The van der Waals surface area contributed by atoms with Crippen molar-refractivity contribution in [1.82, 2.24) is 34.7 Å². The molecule has 3 aliphatic rings. The highest BCUT2D eigenvalue weighted by molar-refractivity contribution is 6.36. The molecule has 4 aromatic rings. The number of rotatable bonds is 4. The predicted molar refractivity (Wildman–Crippen MR) is 133 cm³/mol. The van der Waals surface area contributed by atoms with E-state index in [0.29, 0.717) is 6.04 Å². The molecule has 0 unspecified atom stereocenters. The molecule has 180 valence electrons. The van der Waals surface area contributed by atoms with Gasteiger partial charge in [-0.05, 0) is 44.4 Å². The maximum Gasteiger partial charge on any atom is 0.209 e. The maximum atomic E-state index is 11.1. The van der Waals surface area contributed by atoms with Gasteiger partial charge < -0.3 is 9.80 Å². The SMILES string of the molecule is Cc1cc2[nH]ncc2c(-c2c(N3CCn4nccc4C3)nn(C3CC4(C3)CN(C=O)C4)c2C)c1Cl. The van der Waals surface area contributed by atoms with Gasteiger partial charge in [-0.25, -0.2) is 0 Å². The fourth-order valence-electron chi connectivity index (χ4n) is 6.45. The molecule has 35 heavy (non-hydrogen) atoms. The van der Waals surface area contributed by atoms with Gasteiger partial charge in [0.1, 0.15) is 0 Å². The molecule has 1 saturated carbocycles. The monoisotopic (exact) mass is 490 g/mol. The van der Waals surface area contributed by atoms with Crippen LogP contribution in [0.2, 0.25) is 5.02 Å². The molecule has 10 heteroatoms. The summed E-state index contributed by atoms with van der Waals surface area (Å²) >= 11 is 7.01.